The molecule has 0 spiro atoms. The summed E-state index contributed by atoms with van der Waals surface area (Å²) in [6.07, 6.45) is 0.597. The monoisotopic (exact) mass is 381 g/mol. The average molecular weight is 381 g/mol. The Balaban J connectivity index is 2.26. The molecule has 0 amide bonds. The molecule has 0 aliphatic heterocycles. The predicted octanol–water partition coefficient (Wildman–Crippen LogP) is 2.40. The van der Waals surface area contributed by atoms with Crippen molar-refractivity contribution in [3.63, 3.8) is 0 Å². The van der Waals surface area contributed by atoms with Crippen LogP contribution in [0.15, 0.2) is 23.1 Å². The van der Waals surface area contributed by atoms with Gasteiger partial charge < -0.3 is 9.47 Å². The van der Waals surface area contributed by atoms with Crippen LogP contribution in [0, 0.1) is 13.8 Å². The van der Waals surface area contributed by atoms with Gasteiger partial charge >= 0.3 is 0 Å². The molecule has 0 fully saturated rings. The Kier molecular flexibility index (Phi) is 6.30. The minimum atomic E-state index is -3.71. The van der Waals surface area contributed by atoms with Gasteiger partial charge in [0.15, 0.2) is 0 Å². The molecule has 0 saturated heterocycles. The molecule has 0 bridgehead atoms. The van der Waals surface area contributed by atoms with Crippen molar-refractivity contribution < 1.29 is 17.9 Å². The van der Waals surface area contributed by atoms with Gasteiger partial charge in [0, 0.05) is 31.9 Å². The largest absolute Gasteiger partial charge is 0.497 e. The molecule has 144 valence electrons. The van der Waals surface area contributed by atoms with Crippen LogP contribution in [0.1, 0.15) is 23.9 Å². The van der Waals surface area contributed by atoms with Gasteiger partial charge in [0.25, 0.3) is 0 Å². The number of ether oxygens (including phenoxy) is 2. The standard InChI is InChI=1S/C18H27N3O4S/c1-7-21-14(3)16(13(2)19-21)10-11-20(4)26(22,23)18-12-15(24-5)8-9-17(18)25-6/h8-9,12H,7,10-11H2,1-6H3. The van der Waals surface area contributed by atoms with Gasteiger partial charge in [-0.25, -0.2) is 12.7 Å². The number of rotatable bonds is 8. The molecule has 0 saturated carbocycles. The molecule has 7 nitrogen and oxygen atoms in total. The summed E-state index contributed by atoms with van der Waals surface area (Å²) in [5.41, 5.74) is 3.11. The van der Waals surface area contributed by atoms with Gasteiger partial charge in [0.05, 0.1) is 19.9 Å². The van der Waals surface area contributed by atoms with Crippen LogP contribution < -0.4 is 9.47 Å². The van der Waals surface area contributed by atoms with E-state index in [4.69, 9.17) is 9.47 Å². The van der Waals surface area contributed by atoms with Crippen molar-refractivity contribution in [2.75, 3.05) is 27.8 Å². The molecule has 1 heterocycles. The number of likely N-dealkylation sites (N-methyl/N-ethyl adjacent to an activating group) is 1. The Bertz CT molecular complexity index is 875. The molecule has 8 heteroatoms. The van der Waals surface area contributed by atoms with Crippen molar-refractivity contribution >= 4 is 10.0 Å². The summed E-state index contributed by atoms with van der Waals surface area (Å²) in [7, 11) is 0.815. The van der Waals surface area contributed by atoms with Crippen molar-refractivity contribution in [3.8, 4) is 11.5 Å². The zero-order chi connectivity index (χ0) is 19.5. The zero-order valence-electron chi connectivity index (χ0n) is 16.2. The maximum Gasteiger partial charge on any atom is 0.246 e. The Morgan fingerprint density at radius 3 is 2.42 bits per heavy atom. The smallest absolute Gasteiger partial charge is 0.246 e. The van der Waals surface area contributed by atoms with Crippen molar-refractivity contribution in [1.29, 1.82) is 0 Å². The molecule has 2 rings (SSSR count). The second-order valence-electron chi connectivity index (χ2n) is 6.06. The summed E-state index contributed by atoms with van der Waals surface area (Å²) in [5.74, 6) is 0.762. The van der Waals surface area contributed by atoms with Gasteiger partial charge in [-0.15, -0.1) is 0 Å². The number of nitrogens with zero attached hydrogens (tertiary/aromatic N) is 3. The lowest BCUT2D eigenvalue weighted by Crippen LogP contribution is -2.29. The van der Waals surface area contributed by atoms with Crippen LogP contribution >= 0.6 is 0 Å². The topological polar surface area (TPSA) is 73.7 Å². The quantitative estimate of drug-likeness (QED) is 0.702. The molecule has 0 aliphatic carbocycles. The van der Waals surface area contributed by atoms with E-state index >= 15 is 0 Å². The lowest BCUT2D eigenvalue weighted by atomic mass is 10.1. The van der Waals surface area contributed by atoms with Crippen molar-refractivity contribution in [2.45, 2.75) is 38.6 Å². The van der Waals surface area contributed by atoms with Crippen molar-refractivity contribution in [1.82, 2.24) is 14.1 Å². The minimum Gasteiger partial charge on any atom is -0.497 e. The highest BCUT2D eigenvalue weighted by Crippen LogP contribution is 2.30. The number of methoxy groups -OCH3 is 2. The summed E-state index contributed by atoms with van der Waals surface area (Å²) in [6, 6.07) is 4.75. The fraction of sp³-hybridized carbons (Fsp3) is 0.500. The van der Waals surface area contributed by atoms with Gasteiger partial charge in [0.1, 0.15) is 16.4 Å². The summed E-state index contributed by atoms with van der Waals surface area (Å²) in [5, 5.41) is 4.49. The molecule has 0 N–H and O–H groups in total. The molecule has 1 aromatic carbocycles. The number of hydrogen-bond donors (Lipinski definition) is 0. The molecule has 2 aromatic rings. The van der Waals surface area contributed by atoms with Crippen LogP contribution in [0.4, 0.5) is 0 Å². The molecular weight excluding hydrogens is 354 g/mol. The Morgan fingerprint density at radius 2 is 1.88 bits per heavy atom. The Morgan fingerprint density at radius 1 is 1.19 bits per heavy atom. The lowest BCUT2D eigenvalue weighted by molar-refractivity contribution is 0.388. The van der Waals surface area contributed by atoms with Crippen molar-refractivity contribution in [2.24, 2.45) is 0 Å². The van der Waals surface area contributed by atoms with E-state index in [1.54, 1.807) is 19.2 Å². The summed E-state index contributed by atoms with van der Waals surface area (Å²) in [4.78, 5) is 0.0968. The fourth-order valence-electron chi connectivity index (χ4n) is 2.95. The molecule has 0 aliphatic rings. The minimum absolute atomic E-state index is 0.0968. The molecule has 0 atom stereocenters. The molecule has 1 aromatic heterocycles. The third-order valence-corrected chi connectivity index (χ3v) is 6.44. The van der Waals surface area contributed by atoms with Gasteiger partial charge in [-0.1, -0.05) is 0 Å². The Labute approximate surface area is 155 Å². The first-order valence-electron chi connectivity index (χ1n) is 8.47. The Hall–Kier alpha value is -2.06. The molecule has 0 unspecified atom stereocenters. The van der Waals surface area contributed by atoms with Gasteiger partial charge in [-0.2, -0.15) is 5.10 Å². The first kappa shape index (κ1) is 20.3. The van der Waals surface area contributed by atoms with Crippen molar-refractivity contribution in [3.05, 3.63) is 35.2 Å². The summed E-state index contributed by atoms with van der Waals surface area (Å²) >= 11 is 0. The van der Waals surface area contributed by atoms with Crippen LogP contribution in [0.5, 0.6) is 11.5 Å². The number of benzene rings is 1. The van der Waals surface area contributed by atoms with E-state index in [0.29, 0.717) is 24.5 Å². The highest BCUT2D eigenvalue weighted by Gasteiger charge is 2.26. The second kappa shape index (κ2) is 8.09. The summed E-state index contributed by atoms with van der Waals surface area (Å²) < 4.78 is 39.7. The second-order valence-corrected chi connectivity index (χ2v) is 8.07. The first-order valence-corrected chi connectivity index (χ1v) is 9.91. The third-order valence-electron chi connectivity index (χ3n) is 4.57. The van der Waals surface area contributed by atoms with E-state index in [0.717, 1.165) is 23.5 Å². The number of aromatic nitrogens is 2. The average Bonchev–Trinajstić information content (AvgIpc) is 2.92. The number of sulfonamides is 1. The van der Waals surface area contributed by atoms with E-state index in [1.165, 1.54) is 24.6 Å². The van der Waals surface area contributed by atoms with Gasteiger partial charge in [-0.3, -0.25) is 4.68 Å². The first-order chi connectivity index (χ1) is 12.3. The SMILES string of the molecule is CCn1nc(C)c(CCN(C)S(=O)(=O)c2cc(OC)ccc2OC)c1C. The van der Waals surface area contributed by atoms with E-state index in [2.05, 4.69) is 5.10 Å². The van der Waals surface area contributed by atoms with Gasteiger partial charge in [0.2, 0.25) is 10.0 Å². The maximum atomic E-state index is 13.0. The summed E-state index contributed by atoms with van der Waals surface area (Å²) in [6.45, 7) is 7.14. The highest BCUT2D eigenvalue weighted by atomic mass is 32.2. The van der Waals surface area contributed by atoms with Gasteiger partial charge in [-0.05, 0) is 44.9 Å². The van der Waals surface area contributed by atoms with Crippen LogP contribution in [-0.4, -0.2) is 50.3 Å². The maximum absolute atomic E-state index is 13.0. The molecule has 26 heavy (non-hydrogen) atoms. The number of hydrogen-bond acceptors (Lipinski definition) is 5. The molecular formula is C18H27N3O4S. The highest BCUT2D eigenvalue weighted by molar-refractivity contribution is 7.89. The lowest BCUT2D eigenvalue weighted by Gasteiger charge is -2.19. The van der Waals surface area contributed by atoms with Crippen LogP contribution in [0.2, 0.25) is 0 Å². The fourth-order valence-corrected chi connectivity index (χ4v) is 4.28. The van der Waals surface area contributed by atoms with E-state index in [9.17, 15) is 8.42 Å². The van der Waals surface area contributed by atoms with E-state index in [1.807, 2.05) is 25.5 Å². The molecule has 0 radical (unpaired) electrons. The third kappa shape index (κ3) is 3.86. The van der Waals surface area contributed by atoms with Crippen LogP contribution in [0.25, 0.3) is 0 Å². The zero-order valence-corrected chi connectivity index (χ0v) is 17.1. The van der Waals surface area contributed by atoms with E-state index < -0.39 is 10.0 Å². The number of aryl methyl sites for hydroxylation is 2. The van der Waals surface area contributed by atoms with Crippen LogP contribution in [-0.2, 0) is 23.0 Å². The predicted molar refractivity (Wildman–Crippen MR) is 100 cm³/mol. The van der Waals surface area contributed by atoms with E-state index in [-0.39, 0.29) is 4.90 Å². The van der Waals surface area contributed by atoms with Crippen LogP contribution in [0.3, 0.4) is 0 Å². The normalized spacial score (nSPS) is 11.8.